The quantitative estimate of drug-likeness (QED) is 0.223. The zero-order valence-corrected chi connectivity index (χ0v) is 21.3. The van der Waals surface area contributed by atoms with Crippen LogP contribution in [0.3, 0.4) is 0 Å². The van der Waals surface area contributed by atoms with Gasteiger partial charge in [-0.05, 0) is 29.2 Å². The van der Waals surface area contributed by atoms with Gasteiger partial charge in [0.15, 0.2) is 0 Å². The first-order valence-corrected chi connectivity index (χ1v) is 12.4. The van der Waals surface area contributed by atoms with Crippen molar-refractivity contribution >= 4 is 5.97 Å². The number of aromatic carboxylic acids is 1. The SMILES string of the molecule is CCCCCCn1nc(C(CCC)(OC)OC)nc1Cc1ccc(-c2ccccc2C(=O)O)cc1. The molecule has 7 nitrogen and oxygen atoms in total. The van der Waals surface area contributed by atoms with E-state index in [0.29, 0.717) is 29.8 Å². The van der Waals surface area contributed by atoms with Crippen LogP contribution in [0.2, 0.25) is 0 Å². The highest BCUT2D eigenvalue weighted by Gasteiger charge is 2.36. The normalized spacial score (nSPS) is 11.7. The van der Waals surface area contributed by atoms with Crippen molar-refractivity contribution in [2.75, 3.05) is 14.2 Å². The van der Waals surface area contributed by atoms with Gasteiger partial charge >= 0.3 is 5.97 Å². The van der Waals surface area contributed by atoms with Crippen LogP contribution in [0.25, 0.3) is 11.1 Å². The fourth-order valence-electron chi connectivity index (χ4n) is 4.35. The van der Waals surface area contributed by atoms with Gasteiger partial charge in [0, 0.05) is 33.6 Å². The maximum absolute atomic E-state index is 11.6. The second-order valence-corrected chi connectivity index (χ2v) is 8.77. The highest BCUT2D eigenvalue weighted by molar-refractivity contribution is 5.95. The summed E-state index contributed by atoms with van der Waals surface area (Å²) >= 11 is 0. The number of benzene rings is 2. The Morgan fingerprint density at radius 2 is 1.69 bits per heavy atom. The third-order valence-electron chi connectivity index (χ3n) is 6.34. The third kappa shape index (κ3) is 6.35. The zero-order chi connectivity index (χ0) is 25.3. The van der Waals surface area contributed by atoms with Crippen molar-refractivity contribution in [2.24, 2.45) is 0 Å². The Labute approximate surface area is 208 Å². The number of methoxy groups -OCH3 is 2. The lowest BCUT2D eigenvalue weighted by molar-refractivity contribution is -0.225. The molecule has 0 radical (unpaired) electrons. The van der Waals surface area contributed by atoms with Gasteiger partial charge in [-0.1, -0.05) is 82.0 Å². The monoisotopic (exact) mass is 479 g/mol. The Morgan fingerprint density at radius 3 is 2.31 bits per heavy atom. The summed E-state index contributed by atoms with van der Waals surface area (Å²) in [4.78, 5) is 16.5. The first kappa shape index (κ1) is 26.6. The van der Waals surface area contributed by atoms with Gasteiger partial charge in [0.2, 0.25) is 11.6 Å². The molecular weight excluding hydrogens is 442 g/mol. The summed E-state index contributed by atoms with van der Waals surface area (Å²) in [7, 11) is 3.27. The molecule has 0 bridgehead atoms. The minimum absolute atomic E-state index is 0.295. The van der Waals surface area contributed by atoms with Crippen LogP contribution < -0.4 is 0 Å². The van der Waals surface area contributed by atoms with Gasteiger partial charge in [0.1, 0.15) is 5.82 Å². The van der Waals surface area contributed by atoms with Crippen molar-refractivity contribution in [1.29, 1.82) is 0 Å². The van der Waals surface area contributed by atoms with Gasteiger partial charge in [0.05, 0.1) is 5.56 Å². The zero-order valence-electron chi connectivity index (χ0n) is 21.3. The molecule has 1 heterocycles. The Kier molecular flexibility index (Phi) is 9.57. The topological polar surface area (TPSA) is 86.5 Å². The van der Waals surface area contributed by atoms with Crippen molar-refractivity contribution in [3.05, 3.63) is 71.3 Å². The standard InChI is InChI=1S/C28H37N3O4/c1-5-7-8-11-19-31-25(29-27(30-31)28(34-3,35-4)18-6-2)20-21-14-16-22(17-15-21)23-12-9-10-13-24(23)26(32)33/h9-10,12-17H,5-8,11,18-20H2,1-4H3,(H,32,33). The summed E-state index contributed by atoms with van der Waals surface area (Å²) in [5, 5.41) is 14.3. The highest BCUT2D eigenvalue weighted by Crippen LogP contribution is 2.30. The number of hydrogen-bond acceptors (Lipinski definition) is 5. The third-order valence-corrected chi connectivity index (χ3v) is 6.34. The average molecular weight is 480 g/mol. The van der Waals surface area contributed by atoms with Gasteiger partial charge in [-0.2, -0.15) is 5.10 Å². The molecule has 2 aromatic carbocycles. The van der Waals surface area contributed by atoms with Gasteiger partial charge < -0.3 is 14.6 Å². The molecular formula is C28H37N3O4. The van der Waals surface area contributed by atoms with E-state index in [0.717, 1.165) is 42.8 Å². The number of ether oxygens (including phenoxy) is 2. The maximum atomic E-state index is 11.6. The maximum Gasteiger partial charge on any atom is 0.336 e. The molecule has 1 aromatic heterocycles. The predicted molar refractivity (Wildman–Crippen MR) is 136 cm³/mol. The van der Waals surface area contributed by atoms with Gasteiger partial charge in [0.25, 0.3) is 0 Å². The molecule has 0 aliphatic carbocycles. The number of carboxylic acid groups (broad SMARTS) is 1. The molecule has 0 atom stereocenters. The number of aryl methyl sites for hydroxylation is 1. The van der Waals surface area contributed by atoms with E-state index in [1.165, 1.54) is 12.8 Å². The number of unbranched alkanes of at least 4 members (excludes halogenated alkanes) is 3. The minimum Gasteiger partial charge on any atom is -0.478 e. The summed E-state index contributed by atoms with van der Waals surface area (Å²) in [5.41, 5.74) is 2.95. The van der Waals surface area contributed by atoms with E-state index in [1.807, 2.05) is 41.1 Å². The van der Waals surface area contributed by atoms with Crippen molar-refractivity contribution in [2.45, 2.75) is 71.1 Å². The first-order valence-electron chi connectivity index (χ1n) is 12.4. The minimum atomic E-state index is -0.956. The molecule has 0 amide bonds. The van der Waals surface area contributed by atoms with Gasteiger partial charge in [-0.3, -0.25) is 0 Å². The molecule has 0 spiro atoms. The summed E-state index contributed by atoms with van der Waals surface area (Å²) in [5.74, 6) is -0.463. The molecule has 0 aliphatic heterocycles. The Bertz CT molecular complexity index is 1090. The molecule has 0 saturated heterocycles. The summed E-state index contributed by atoms with van der Waals surface area (Å²) < 4.78 is 13.5. The predicted octanol–water partition coefficient (Wildman–Crippen LogP) is 6.06. The van der Waals surface area contributed by atoms with Crippen LogP contribution in [0.15, 0.2) is 48.5 Å². The molecule has 3 rings (SSSR count). The van der Waals surface area contributed by atoms with Crippen LogP contribution in [-0.2, 0) is 28.2 Å². The number of carboxylic acids is 1. The summed E-state index contributed by atoms with van der Waals surface area (Å²) in [6.45, 7) is 5.08. The molecule has 0 aliphatic rings. The molecule has 188 valence electrons. The average Bonchev–Trinajstić information content (AvgIpc) is 3.28. The molecule has 3 aromatic rings. The Balaban J connectivity index is 1.89. The fourth-order valence-corrected chi connectivity index (χ4v) is 4.35. The molecule has 0 unspecified atom stereocenters. The van der Waals surface area contributed by atoms with E-state index >= 15 is 0 Å². The largest absolute Gasteiger partial charge is 0.478 e. The van der Waals surface area contributed by atoms with E-state index < -0.39 is 11.8 Å². The second kappa shape index (κ2) is 12.6. The Morgan fingerprint density at radius 1 is 0.971 bits per heavy atom. The van der Waals surface area contributed by atoms with Crippen LogP contribution in [0.5, 0.6) is 0 Å². The molecule has 1 N–H and O–H groups in total. The number of nitrogens with zero attached hydrogens (tertiary/aromatic N) is 3. The lowest BCUT2D eigenvalue weighted by atomic mass is 9.98. The smallest absolute Gasteiger partial charge is 0.336 e. The van der Waals surface area contributed by atoms with E-state index in [-0.39, 0.29) is 0 Å². The lowest BCUT2D eigenvalue weighted by Gasteiger charge is -2.27. The Hall–Kier alpha value is -3.03. The highest BCUT2D eigenvalue weighted by atomic mass is 16.7. The fraction of sp³-hybridized carbons (Fsp3) is 0.464. The van der Waals surface area contributed by atoms with E-state index in [2.05, 4.69) is 13.8 Å². The van der Waals surface area contributed by atoms with Crippen LogP contribution in [0, 0.1) is 0 Å². The van der Waals surface area contributed by atoms with Crippen LogP contribution in [0.4, 0.5) is 0 Å². The van der Waals surface area contributed by atoms with E-state index in [4.69, 9.17) is 19.6 Å². The lowest BCUT2D eigenvalue weighted by Crippen LogP contribution is -2.32. The molecule has 0 saturated carbocycles. The van der Waals surface area contributed by atoms with E-state index in [9.17, 15) is 9.90 Å². The number of aromatic nitrogens is 3. The van der Waals surface area contributed by atoms with Gasteiger partial charge in [-0.15, -0.1) is 0 Å². The van der Waals surface area contributed by atoms with Crippen molar-refractivity contribution in [3.8, 4) is 11.1 Å². The van der Waals surface area contributed by atoms with Crippen LogP contribution >= 0.6 is 0 Å². The van der Waals surface area contributed by atoms with Gasteiger partial charge in [-0.25, -0.2) is 14.5 Å². The number of rotatable bonds is 14. The van der Waals surface area contributed by atoms with Crippen molar-refractivity contribution in [3.63, 3.8) is 0 Å². The summed E-state index contributed by atoms with van der Waals surface area (Å²) in [6, 6.07) is 15.0. The number of carbonyl (C=O) groups is 1. The molecule has 0 fully saturated rings. The number of hydrogen-bond donors (Lipinski definition) is 1. The summed E-state index contributed by atoms with van der Waals surface area (Å²) in [6.07, 6.45) is 6.72. The first-order chi connectivity index (χ1) is 17.0. The van der Waals surface area contributed by atoms with Crippen LogP contribution in [0.1, 0.15) is 79.9 Å². The van der Waals surface area contributed by atoms with E-state index in [1.54, 1.807) is 26.4 Å². The molecule has 7 heteroatoms. The molecule has 35 heavy (non-hydrogen) atoms. The van der Waals surface area contributed by atoms with Crippen molar-refractivity contribution < 1.29 is 19.4 Å². The van der Waals surface area contributed by atoms with Crippen molar-refractivity contribution in [1.82, 2.24) is 14.8 Å². The second-order valence-electron chi connectivity index (χ2n) is 8.77. The van der Waals surface area contributed by atoms with Crippen LogP contribution in [-0.4, -0.2) is 40.1 Å².